The van der Waals surface area contributed by atoms with E-state index in [0.717, 1.165) is 12.1 Å². The van der Waals surface area contributed by atoms with Crippen LogP contribution >= 0.6 is 0 Å². The van der Waals surface area contributed by atoms with Crippen LogP contribution in [0.25, 0.3) is 0 Å². The molecule has 1 aliphatic rings. The number of benzene rings is 3. The van der Waals surface area contributed by atoms with E-state index in [1.807, 2.05) is 13.0 Å². The minimum atomic E-state index is -4.49. The molecule has 13 heteroatoms. The number of likely N-dealkylation sites (N-methyl/N-ethyl adjacent to an activating group) is 1. The second kappa shape index (κ2) is 14.3. The van der Waals surface area contributed by atoms with Gasteiger partial charge in [-0.2, -0.15) is 13.2 Å². The Hall–Kier alpha value is -4.78. The van der Waals surface area contributed by atoms with Crippen LogP contribution in [-0.2, 0) is 17.4 Å². The van der Waals surface area contributed by atoms with Crippen molar-refractivity contribution in [2.75, 3.05) is 42.7 Å². The van der Waals surface area contributed by atoms with Gasteiger partial charge in [0.15, 0.2) is 0 Å². The van der Waals surface area contributed by atoms with Crippen molar-refractivity contribution >= 4 is 35.0 Å². The van der Waals surface area contributed by atoms with Gasteiger partial charge >= 0.3 is 18.2 Å². The topological polar surface area (TPSA) is 123 Å². The third-order valence-corrected chi connectivity index (χ3v) is 7.47. The summed E-state index contributed by atoms with van der Waals surface area (Å²) in [5, 5.41) is 18.0. The van der Waals surface area contributed by atoms with Gasteiger partial charge in [-0.3, -0.25) is 4.79 Å². The number of rotatable bonds is 7. The predicted octanol–water partition coefficient (Wildman–Crippen LogP) is 5.66. The first-order valence-corrected chi connectivity index (χ1v) is 14.4. The summed E-state index contributed by atoms with van der Waals surface area (Å²) in [6, 6.07) is 16.4. The monoisotopic (exact) mass is 627 g/mol. The van der Waals surface area contributed by atoms with E-state index in [1.54, 1.807) is 54.3 Å². The Labute approximate surface area is 259 Å². The Morgan fingerprint density at radius 2 is 1.62 bits per heavy atom. The van der Waals surface area contributed by atoms with Crippen molar-refractivity contribution in [3.8, 4) is 5.75 Å². The van der Waals surface area contributed by atoms with Crippen molar-refractivity contribution in [1.29, 1.82) is 0 Å². The number of fused-ring (bicyclic) bond motifs is 1. The second-order valence-electron chi connectivity index (χ2n) is 11.0. The van der Waals surface area contributed by atoms with E-state index in [2.05, 4.69) is 16.0 Å². The van der Waals surface area contributed by atoms with Gasteiger partial charge in [0.25, 0.3) is 0 Å². The molecule has 0 saturated carbocycles. The van der Waals surface area contributed by atoms with Crippen LogP contribution in [0.4, 0.5) is 39.8 Å². The summed E-state index contributed by atoms with van der Waals surface area (Å²) in [7, 11) is 1.53. The number of carbonyl (C=O) groups excluding carboxylic acids is 3. The summed E-state index contributed by atoms with van der Waals surface area (Å²) < 4.78 is 45.2. The number of hydrogen-bond acceptors (Lipinski definition) is 5. The zero-order chi connectivity index (χ0) is 32.7. The molecule has 0 fully saturated rings. The van der Waals surface area contributed by atoms with Gasteiger partial charge in [-0.15, -0.1) is 0 Å². The van der Waals surface area contributed by atoms with E-state index >= 15 is 0 Å². The smallest absolute Gasteiger partial charge is 0.416 e. The lowest BCUT2D eigenvalue weighted by atomic mass is 10.0. The summed E-state index contributed by atoms with van der Waals surface area (Å²) in [4.78, 5) is 41.9. The van der Waals surface area contributed by atoms with Crippen LogP contribution in [-0.4, -0.2) is 71.8 Å². The van der Waals surface area contributed by atoms with Gasteiger partial charge < -0.3 is 35.6 Å². The predicted molar refractivity (Wildman–Crippen MR) is 164 cm³/mol. The van der Waals surface area contributed by atoms with E-state index in [1.165, 1.54) is 24.1 Å². The molecule has 3 atom stereocenters. The molecule has 10 nitrogen and oxygen atoms in total. The van der Waals surface area contributed by atoms with Crippen molar-refractivity contribution in [3.05, 3.63) is 83.9 Å². The molecule has 0 spiro atoms. The first-order valence-electron chi connectivity index (χ1n) is 14.4. The summed E-state index contributed by atoms with van der Waals surface area (Å²) in [6.45, 7) is 3.65. The molecule has 0 unspecified atom stereocenters. The van der Waals surface area contributed by atoms with Crippen LogP contribution in [0, 0.1) is 5.92 Å². The Morgan fingerprint density at radius 3 is 2.27 bits per heavy atom. The Kier molecular flexibility index (Phi) is 10.6. The number of halogens is 3. The third kappa shape index (κ3) is 8.88. The Balaban J connectivity index is 1.53. The zero-order valence-corrected chi connectivity index (χ0v) is 25.1. The van der Waals surface area contributed by atoms with E-state index in [9.17, 15) is 32.7 Å². The highest BCUT2D eigenvalue weighted by Crippen LogP contribution is 2.31. The van der Waals surface area contributed by atoms with Crippen LogP contribution < -0.4 is 20.7 Å². The van der Waals surface area contributed by atoms with E-state index in [4.69, 9.17) is 4.74 Å². The second-order valence-corrected chi connectivity index (χ2v) is 11.0. The summed E-state index contributed by atoms with van der Waals surface area (Å²) in [5.74, 6) is -0.151. The molecule has 4 N–H and O–H groups in total. The van der Waals surface area contributed by atoms with Crippen LogP contribution in [0.3, 0.4) is 0 Å². The number of alkyl halides is 3. The minimum Gasteiger partial charge on any atom is -0.488 e. The molecule has 0 radical (unpaired) electrons. The largest absolute Gasteiger partial charge is 0.488 e. The van der Waals surface area contributed by atoms with E-state index < -0.39 is 35.9 Å². The maximum absolute atomic E-state index is 13.4. The number of carbonyl (C=O) groups is 3. The van der Waals surface area contributed by atoms with Crippen molar-refractivity contribution in [1.82, 2.24) is 9.80 Å². The standard InChI is InChI=1S/C32H36F3N5O5/c1-20-17-40(21(2)19-41)29(42)16-22-15-26(37-30(43)36-24-7-5-4-6-8-24)13-14-27(22)45-28(20)18-39(3)31(44)38-25-11-9-23(10-12-25)32(33,34)35/h4-15,20-21,28,41H,16-19H2,1-3H3,(H,38,44)(H2,36,37,43)/t20-,21-,28+/m1/s1. The molecule has 3 aromatic rings. The van der Waals surface area contributed by atoms with Crippen LogP contribution in [0.5, 0.6) is 5.75 Å². The maximum Gasteiger partial charge on any atom is 0.416 e. The number of urea groups is 2. The summed E-state index contributed by atoms with van der Waals surface area (Å²) in [6.07, 6.45) is -5.17. The van der Waals surface area contributed by atoms with E-state index in [0.29, 0.717) is 22.7 Å². The number of hydrogen-bond donors (Lipinski definition) is 4. The van der Waals surface area contributed by atoms with Crippen LogP contribution in [0.15, 0.2) is 72.8 Å². The molecule has 4 rings (SSSR count). The van der Waals surface area contributed by atoms with E-state index in [-0.39, 0.29) is 43.6 Å². The molecule has 1 heterocycles. The normalized spacial score (nSPS) is 17.5. The van der Waals surface area contributed by atoms with Crippen molar-refractivity contribution in [2.45, 2.75) is 38.6 Å². The van der Waals surface area contributed by atoms with Gasteiger partial charge in [-0.05, 0) is 61.5 Å². The molecule has 1 aliphatic heterocycles. The average molecular weight is 628 g/mol. The maximum atomic E-state index is 13.4. The third-order valence-electron chi connectivity index (χ3n) is 7.47. The fourth-order valence-electron chi connectivity index (χ4n) is 4.85. The number of para-hydroxylation sites is 1. The van der Waals surface area contributed by atoms with Crippen LogP contribution in [0.1, 0.15) is 25.0 Å². The highest BCUT2D eigenvalue weighted by Gasteiger charge is 2.32. The Bertz CT molecular complexity index is 1490. The number of aliphatic hydroxyl groups excluding tert-OH is 1. The molecular formula is C32H36F3N5O5. The van der Waals surface area contributed by atoms with Gasteiger partial charge in [0.05, 0.1) is 31.2 Å². The van der Waals surface area contributed by atoms with Crippen LogP contribution in [0.2, 0.25) is 0 Å². The highest BCUT2D eigenvalue weighted by molar-refractivity contribution is 6.00. The lowest BCUT2D eigenvalue weighted by Crippen LogP contribution is -2.48. The lowest BCUT2D eigenvalue weighted by molar-refractivity contribution is -0.137. The molecule has 45 heavy (non-hydrogen) atoms. The Morgan fingerprint density at radius 1 is 1.00 bits per heavy atom. The van der Waals surface area contributed by atoms with Gasteiger partial charge in [-0.1, -0.05) is 25.1 Å². The quantitative estimate of drug-likeness (QED) is 0.269. The fourth-order valence-corrected chi connectivity index (χ4v) is 4.85. The molecule has 3 aromatic carbocycles. The zero-order valence-electron chi connectivity index (χ0n) is 25.1. The number of aliphatic hydroxyl groups is 1. The first kappa shape index (κ1) is 33.1. The molecule has 0 aliphatic carbocycles. The minimum absolute atomic E-state index is 0.0564. The van der Waals surface area contributed by atoms with Crippen molar-refractivity contribution in [3.63, 3.8) is 0 Å². The SMILES string of the molecule is C[C@@H]1CN([C@H](C)CO)C(=O)Cc2cc(NC(=O)Nc3ccccc3)ccc2O[C@H]1CN(C)C(=O)Nc1ccc(C(F)(F)F)cc1. The van der Waals surface area contributed by atoms with Gasteiger partial charge in [-0.25, -0.2) is 9.59 Å². The number of nitrogens with one attached hydrogen (secondary N) is 3. The van der Waals surface area contributed by atoms with Crippen molar-refractivity contribution < 1.29 is 37.4 Å². The molecule has 0 saturated heterocycles. The van der Waals surface area contributed by atoms with Gasteiger partial charge in [0.1, 0.15) is 11.9 Å². The molecule has 240 valence electrons. The van der Waals surface area contributed by atoms with Gasteiger partial charge in [0, 0.05) is 42.1 Å². The number of amides is 5. The average Bonchev–Trinajstić information content (AvgIpc) is 3.04. The number of ether oxygens (including phenoxy) is 1. The van der Waals surface area contributed by atoms with Gasteiger partial charge in [0.2, 0.25) is 5.91 Å². The number of anilines is 3. The first-order chi connectivity index (χ1) is 21.3. The fraction of sp³-hybridized carbons (Fsp3) is 0.344. The summed E-state index contributed by atoms with van der Waals surface area (Å²) >= 11 is 0. The number of nitrogens with zero attached hydrogens (tertiary/aromatic N) is 2. The summed E-state index contributed by atoms with van der Waals surface area (Å²) in [5.41, 5.74) is 0.902. The highest BCUT2D eigenvalue weighted by atomic mass is 19.4. The molecule has 5 amide bonds. The molecule has 0 bridgehead atoms. The van der Waals surface area contributed by atoms with Crippen molar-refractivity contribution in [2.24, 2.45) is 5.92 Å². The molecule has 0 aromatic heterocycles. The molecular weight excluding hydrogens is 591 g/mol. The lowest BCUT2D eigenvalue weighted by Gasteiger charge is -2.34.